The molecule has 0 bridgehead atoms. The third-order valence-electron chi connectivity index (χ3n) is 7.24. The number of H-pyrrole nitrogens is 1. The number of carbonyl (C=O) groups excluding carboxylic acids is 1. The molecule has 4 aromatic rings. The SMILES string of the molecule is CCCN(C)CCCOc1cc(C(=O)C2NC[C@H](C)Nc3ccccc32)ccc1-c1ccc2[nH]ccc2c1. The summed E-state index contributed by atoms with van der Waals surface area (Å²) in [6.45, 7) is 7.67. The Balaban J connectivity index is 1.45. The van der Waals surface area contributed by atoms with E-state index in [1.165, 1.54) is 0 Å². The Kier molecular flexibility index (Phi) is 8.11. The first-order valence-electron chi connectivity index (χ1n) is 13.7. The van der Waals surface area contributed by atoms with Gasteiger partial charge in [0.25, 0.3) is 0 Å². The summed E-state index contributed by atoms with van der Waals surface area (Å²) in [5.41, 5.74) is 5.80. The molecule has 3 N–H and O–H groups in total. The van der Waals surface area contributed by atoms with Gasteiger partial charge in [-0.2, -0.15) is 0 Å². The van der Waals surface area contributed by atoms with Gasteiger partial charge in [0.1, 0.15) is 5.75 Å². The highest BCUT2D eigenvalue weighted by Gasteiger charge is 2.28. The van der Waals surface area contributed by atoms with Crippen LogP contribution in [-0.2, 0) is 0 Å². The summed E-state index contributed by atoms with van der Waals surface area (Å²) >= 11 is 0. The van der Waals surface area contributed by atoms with E-state index in [9.17, 15) is 4.79 Å². The lowest BCUT2D eigenvalue weighted by molar-refractivity contribution is 0.0943. The van der Waals surface area contributed by atoms with Crippen molar-refractivity contribution in [3.05, 3.63) is 84.1 Å². The van der Waals surface area contributed by atoms with Crippen molar-refractivity contribution in [2.45, 2.75) is 38.8 Å². The van der Waals surface area contributed by atoms with Gasteiger partial charge in [-0.3, -0.25) is 4.79 Å². The van der Waals surface area contributed by atoms with Crippen molar-refractivity contribution in [1.82, 2.24) is 15.2 Å². The first-order chi connectivity index (χ1) is 18.5. The number of ether oxygens (including phenoxy) is 1. The zero-order valence-electron chi connectivity index (χ0n) is 22.6. The normalized spacial score (nSPS) is 17.2. The average Bonchev–Trinajstić information content (AvgIpc) is 3.33. The molecule has 1 unspecified atom stereocenters. The van der Waals surface area contributed by atoms with Gasteiger partial charge >= 0.3 is 0 Å². The van der Waals surface area contributed by atoms with Crippen LogP contribution in [0.2, 0.25) is 0 Å². The number of benzene rings is 3. The molecular formula is C32H38N4O2. The number of aromatic nitrogens is 1. The Labute approximate surface area is 225 Å². The molecular weight excluding hydrogens is 472 g/mol. The summed E-state index contributed by atoms with van der Waals surface area (Å²) in [4.78, 5) is 19.5. The van der Waals surface area contributed by atoms with Crippen LogP contribution < -0.4 is 15.4 Å². The first-order valence-corrected chi connectivity index (χ1v) is 13.7. The van der Waals surface area contributed by atoms with Gasteiger partial charge in [0, 0.05) is 53.2 Å². The van der Waals surface area contributed by atoms with Crippen LogP contribution in [0.25, 0.3) is 22.0 Å². The fourth-order valence-corrected chi connectivity index (χ4v) is 5.27. The minimum Gasteiger partial charge on any atom is -0.493 e. The number of rotatable bonds is 10. The summed E-state index contributed by atoms with van der Waals surface area (Å²) in [5, 5.41) is 8.15. The number of aromatic amines is 1. The monoisotopic (exact) mass is 510 g/mol. The van der Waals surface area contributed by atoms with E-state index in [4.69, 9.17) is 4.74 Å². The van der Waals surface area contributed by atoms with Crippen molar-refractivity contribution >= 4 is 22.4 Å². The summed E-state index contributed by atoms with van der Waals surface area (Å²) < 4.78 is 6.38. The fourth-order valence-electron chi connectivity index (χ4n) is 5.27. The Morgan fingerprint density at radius 3 is 2.79 bits per heavy atom. The highest BCUT2D eigenvalue weighted by Crippen LogP contribution is 2.35. The number of carbonyl (C=O) groups is 1. The molecule has 0 saturated heterocycles. The number of fused-ring (bicyclic) bond motifs is 2. The van der Waals surface area contributed by atoms with E-state index in [1.54, 1.807) is 0 Å². The molecule has 0 amide bonds. The first kappa shape index (κ1) is 26.0. The third-order valence-corrected chi connectivity index (χ3v) is 7.24. The third kappa shape index (κ3) is 5.77. The topological polar surface area (TPSA) is 69.4 Å². The van der Waals surface area contributed by atoms with Gasteiger partial charge in [-0.15, -0.1) is 0 Å². The van der Waals surface area contributed by atoms with E-state index in [-0.39, 0.29) is 11.8 Å². The van der Waals surface area contributed by atoms with Crippen LogP contribution in [0.4, 0.5) is 5.69 Å². The smallest absolute Gasteiger partial charge is 0.184 e. The number of hydrogen-bond acceptors (Lipinski definition) is 5. The molecule has 3 aromatic carbocycles. The maximum Gasteiger partial charge on any atom is 0.184 e. The number of Topliss-reactive ketones (excluding diaryl/α,β-unsaturated/α-hetero) is 1. The molecule has 1 aliphatic rings. The van der Waals surface area contributed by atoms with Gasteiger partial charge in [-0.05, 0) is 80.7 Å². The molecule has 5 rings (SSSR count). The van der Waals surface area contributed by atoms with Crippen LogP contribution in [0, 0.1) is 0 Å². The van der Waals surface area contributed by atoms with E-state index >= 15 is 0 Å². The van der Waals surface area contributed by atoms with Crippen molar-refractivity contribution < 1.29 is 9.53 Å². The van der Waals surface area contributed by atoms with Gasteiger partial charge < -0.3 is 25.3 Å². The van der Waals surface area contributed by atoms with Crippen LogP contribution in [0.1, 0.15) is 48.7 Å². The number of para-hydroxylation sites is 1. The van der Waals surface area contributed by atoms with Crippen LogP contribution in [-0.4, -0.2) is 55.0 Å². The minimum atomic E-state index is -0.416. The predicted octanol–water partition coefficient (Wildman–Crippen LogP) is 6.27. The summed E-state index contributed by atoms with van der Waals surface area (Å²) in [7, 11) is 2.15. The molecule has 198 valence electrons. The predicted molar refractivity (Wildman–Crippen MR) is 156 cm³/mol. The molecule has 6 nitrogen and oxygen atoms in total. The molecule has 38 heavy (non-hydrogen) atoms. The van der Waals surface area contributed by atoms with E-state index in [0.717, 1.165) is 65.0 Å². The quantitative estimate of drug-likeness (QED) is 0.173. The molecule has 0 fully saturated rings. The second-order valence-electron chi connectivity index (χ2n) is 10.3. The van der Waals surface area contributed by atoms with Crippen LogP contribution in [0.5, 0.6) is 5.75 Å². The average molecular weight is 511 g/mol. The van der Waals surface area contributed by atoms with Crippen molar-refractivity contribution in [3.8, 4) is 16.9 Å². The molecule has 0 radical (unpaired) electrons. The second-order valence-corrected chi connectivity index (χ2v) is 10.3. The highest BCUT2D eigenvalue weighted by molar-refractivity contribution is 6.02. The van der Waals surface area contributed by atoms with Crippen LogP contribution >= 0.6 is 0 Å². The summed E-state index contributed by atoms with van der Waals surface area (Å²) in [6.07, 6.45) is 4.01. The van der Waals surface area contributed by atoms with Crippen molar-refractivity contribution in [2.75, 3.05) is 38.6 Å². The fraction of sp³-hybridized carbons (Fsp3) is 0.344. The molecule has 0 spiro atoms. The Morgan fingerprint density at radius 2 is 1.92 bits per heavy atom. The van der Waals surface area contributed by atoms with Crippen LogP contribution in [0.15, 0.2) is 72.9 Å². The van der Waals surface area contributed by atoms with E-state index in [2.05, 4.69) is 65.7 Å². The zero-order chi connectivity index (χ0) is 26.5. The second kappa shape index (κ2) is 11.8. The Bertz CT molecular complexity index is 1400. The molecule has 0 saturated carbocycles. The lowest BCUT2D eigenvalue weighted by Crippen LogP contribution is -2.33. The largest absolute Gasteiger partial charge is 0.493 e. The van der Waals surface area contributed by atoms with Gasteiger partial charge in [0.15, 0.2) is 5.78 Å². The molecule has 1 aromatic heterocycles. The molecule has 2 heterocycles. The Morgan fingerprint density at radius 1 is 1.05 bits per heavy atom. The molecule has 1 aliphatic heterocycles. The van der Waals surface area contributed by atoms with Crippen LogP contribution in [0.3, 0.4) is 0 Å². The molecule has 0 aliphatic carbocycles. The van der Waals surface area contributed by atoms with Gasteiger partial charge in [0.2, 0.25) is 0 Å². The minimum absolute atomic E-state index is 0.0496. The maximum absolute atomic E-state index is 13.9. The van der Waals surface area contributed by atoms with Gasteiger partial charge in [-0.25, -0.2) is 0 Å². The number of ketones is 1. The number of anilines is 1. The lowest BCUT2D eigenvalue weighted by Gasteiger charge is -2.19. The molecule has 2 atom stereocenters. The number of nitrogens with one attached hydrogen (secondary N) is 3. The van der Waals surface area contributed by atoms with Crippen molar-refractivity contribution in [2.24, 2.45) is 0 Å². The van der Waals surface area contributed by atoms with E-state index in [0.29, 0.717) is 18.7 Å². The summed E-state index contributed by atoms with van der Waals surface area (Å²) in [5.74, 6) is 0.797. The van der Waals surface area contributed by atoms with Gasteiger partial charge in [0.05, 0.1) is 12.6 Å². The van der Waals surface area contributed by atoms with E-state index < -0.39 is 6.04 Å². The maximum atomic E-state index is 13.9. The number of nitrogens with zero attached hydrogens (tertiary/aromatic N) is 1. The highest BCUT2D eigenvalue weighted by atomic mass is 16.5. The number of hydrogen-bond donors (Lipinski definition) is 3. The van der Waals surface area contributed by atoms with Crippen molar-refractivity contribution in [3.63, 3.8) is 0 Å². The van der Waals surface area contributed by atoms with E-state index in [1.807, 2.05) is 48.7 Å². The summed E-state index contributed by atoms with van der Waals surface area (Å²) in [6, 6.07) is 22.2. The van der Waals surface area contributed by atoms with Crippen molar-refractivity contribution in [1.29, 1.82) is 0 Å². The van der Waals surface area contributed by atoms with Gasteiger partial charge in [-0.1, -0.05) is 37.3 Å². The zero-order valence-corrected chi connectivity index (χ0v) is 22.6. The molecule has 6 heteroatoms. The lowest BCUT2D eigenvalue weighted by atomic mass is 9.94. The Hall–Kier alpha value is -3.61. The standard InChI is InChI=1S/C32H38N4O2/c1-4-16-36(3)17-7-18-38-30-20-25(10-12-26(30)23-11-13-28-24(19-23)14-15-33-28)32(37)31-27-8-5-6-9-29(27)35-22(2)21-34-31/h5-6,8-15,19-20,22,31,33-35H,4,7,16-18,21H2,1-3H3/t22-,31?/m0/s1.